The number of hydrogen-bond acceptors (Lipinski definition) is 1. The summed E-state index contributed by atoms with van der Waals surface area (Å²) in [5.41, 5.74) is 7.97. The Morgan fingerprint density at radius 1 is 1.47 bits per heavy atom. The van der Waals surface area contributed by atoms with Crippen molar-refractivity contribution >= 4 is 11.6 Å². The zero-order valence-corrected chi connectivity index (χ0v) is 9.62. The fourth-order valence-electron chi connectivity index (χ4n) is 1.33. The van der Waals surface area contributed by atoms with E-state index in [0.717, 1.165) is 5.69 Å². The standard InChI is InChI=1S/C12H19N3/c1-4-14-12(13)15-11-7-5-6-10(8-11)9(2)3/h5-9H,4H2,1-3H3,(H3,13,14,15). The molecule has 0 aliphatic rings. The van der Waals surface area contributed by atoms with Crippen LogP contribution in [0.4, 0.5) is 5.69 Å². The minimum atomic E-state index is 0.471. The molecule has 0 aliphatic heterocycles. The monoisotopic (exact) mass is 205 g/mol. The van der Waals surface area contributed by atoms with Gasteiger partial charge in [-0.2, -0.15) is 0 Å². The van der Waals surface area contributed by atoms with Crippen molar-refractivity contribution in [2.45, 2.75) is 26.7 Å². The van der Waals surface area contributed by atoms with Crippen LogP contribution in [0.15, 0.2) is 29.3 Å². The van der Waals surface area contributed by atoms with Gasteiger partial charge in [0.1, 0.15) is 0 Å². The van der Waals surface area contributed by atoms with Gasteiger partial charge < -0.3 is 11.1 Å². The smallest absolute Gasteiger partial charge is 0.193 e. The molecule has 0 aromatic heterocycles. The molecule has 0 radical (unpaired) electrons. The highest BCUT2D eigenvalue weighted by atomic mass is 15.1. The van der Waals surface area contributed by atoms with Crippen LogP contribution in [0.1, 0.15) is 32.3 Å². The second kappa shape index (κ2) is 5.39. The molecule has 3 nitrogen and oxygen atoms in total. The molecule has 0 aliphatic carbocycles. The maximum Gasteiger partial charge on any atom is 0.193 e. The van der Waals surface area contributed by atoms with Crippen molar-refractivity contribution in [1.82, 2.24) is 0 Å². The number of nitrogens with two attached hydrogens (primary N) is 1. The lowest BCUT2D eigenvalue weighted by Gasteiger charge is -2.09. The van der Waals surface area contributed by atoms with Gasteiger partial charge in [0.2, 0.25) is 0 Å². The number of aliphatic imine (C=N–C) groups is 1. The predicted octanol–water partition coefficient (Wildman–Crippen LogP) is 2.56. The molecule has 0 unspecified atom stereocenters. The van der Waals surface area contributed by atoms with Crippen molar-refractivity contribution in [3.63, 3.8) is 0 Å². The zero-order valence-electron chi connectivity index (χ0n) is 9.62. The Hall–Kier alpha value is -1.51. The Morgan fingerprint density at radius 2 is 2.20 bits per heavy atom. The number of nitrogens with zero attached hydrogens (tertiary/aromatic N) is 1. The van der Waals surface area contributed by atoms with Gasteiger partial charge in [0.15, 0.2) is 5.96 Å². The number of hydrogen-bond donors (Lipinski definition) is 2. The van der Waals surface area contributed by atoms with Gasteiger partial charge in [0.05, 0.1) is 0 Å². The summed E-state index contributed by atoms with van der Waals surface area (Å²) in [7, 11) is 0. The molecule has 1 aromatic carbocycles. The van der Waals surface area contributed by atoms with Gasteiger partial charge in [0, 0.05) is 12.2 Å². The molecule has 0 heterocycles. The predicted molar refractivity (Wildman–Crippen MR) is 66.3 cm³/mol. The summed E-state index contributed by atoms with van der Waals surface area (Å²) in [5, 5.41) is 3.07. The van der Waals surface area contributed by atoms with E-state index in [4.69, 9.17) is 5.73 Å². The Bertz CT molecular complexity index is 342. The first-order valence-electron chi connectivity index (χ1n) is 5.30. The van der Waals surface area contributed by atoms with Gasteiger partial charge in [-0.25, -0.2) is 0 Å². The maximum atomic E-state index is 5.68. The van der Waals surface area contributed by atoms with Crippen molar-refractivity contribution in [1.29, 1.82) is 0 Å². The molecule has 3 N–H and O–H groups in total. The molecular formula is C12H19N3. The van der Waals surface area contributed by atoms with E-state index >= 15 is 0 Å². The van der Waals surface area contributed by atoms with Crippen LogP contribution in [0.3, 0.4) is 0 Å². The van der Waals surface area contributed by atoms with Gasteiger partial charge in [-0.05, 0) is 30.5 Å². The largest absolute Gasteiger partial charge is 0.370 e. The second-order valence-corrected chi connectivity index (χ2v) is 3.76. The van der Waals surface area contributed by atoms with E-state index in [2.05, 4.69) is 36.3 Å². The molecule has 15 heavy (non-hydrogen) atoms. The number of rotatable bonds is 3. The van der Waals surface area contributed by atoms with Crippen molar-refractivity contribution in [3.05, 3.63) is 29.8 Å². The van der Waals surface area contributed by atoms with E-state index < -0.39 is 0 Å². The molecule has 0 amide bonds. The molecule has 0 saturated heterocycles. The van der Waals surface area contributed by atoms with E-state index in [1.54, 1.807) is 0 Å². The van der Waals surface area contributed by atoms with Crippen molar-refractivity contribution in [3.8, 4) is 0 Å². The first-order chi connectivity index (χ1) is 7.13. The highest BCUT2D eigenvalue weighted by Gasteiger charge is 2.00. The van der Waals surface area contributed by atoms with E-state index in [0.29, 0.717) is 18.4 Å². The van der Waals surface area contributed by atoms with Gasteiger partial charge >= 0.3 is 0 Å². The molecule has 0 bridgehead atoms. The minimum Gasteiger partial charge on any atom is -0.370 e. The normalized spacial score (nSPS) is 11.9. The summed E-state index contributed by atoms with van der Waals surface area (Å²) in [5.74, 6) is 0.995. The topological polar surface area (TPSA) is 50.4 Å². The van der Waals surface area contributed by atoms with Crippen LogP contribution in [-0.4, -0.2) is 12.5 Å². The van der Waals surface area contributed by atoms with Gasteiger partial charge in [-0.3, -0.25) is 4.99 Å². The Labute approximate surface area is 91.4 Å². The number of guanidine groups is 1. The van der Waals surface area contributed by atoms with E-state index in [1.165, 1.54) is 5.56 Å². The van der Waals surface area contributed by atoms with Crippen molar-refractivity contribution in [2.75, 3.05) is 11.9 Å². The van der Waals surface area contributed by atoms with Crippen LogP contribution < -0.4 is 11.1 Å². The lowest BCUT2D eigenvalue weighted by Crippen LogP contribution is -2.22. The fraction of sp³-hybridized carbons (Fsp3) is 0.417. The molecule has 3 heteroatoms. The average molecular weight is 205 g/mol. The summed E-state index contributed by atoms with van der Waals surface area (Å²) in [6, 6.07) is 8.23. The summed E-state index contributed by atoms with van der Waals surface area (Å²) in [6.07, 6.45) is 0. The summed E-state index contributed by atoms with van der Waals surface area (Å²) < 4.78 is 0. The summed E-state index contributed by atoms with van der Waals surface area (Å²) in [6.45, 7) is 6.99. The third-order valence-electron chi connectivity index (χ3n) is 2.15. The molecule has 0 fully saturated rings. The lowest BCUT2D eigenvalue weighted by molar-refractivity contribution is 0.867. The van der Waals surface area contributed by atoms with Gasteiger partial charge in [0.25, 0.3) is 0 Å². The third-order valence-corrected chi connectivity index (χ3v) is 2.15. The first kappa shape index (κ1) is 11.6. The first-order valence-corrected chi connectivity index (χ1v) is 5.30. The van der Waals surface area contributed by atoms with E-state index in [1.807, 2.05) is 19.1 Å². The SMILES string of the molecule is CCN=C(N)Nc1cccc(C(C)C)c1. The number of anilines is 1. The summed E-state index contributed by atoms with van der Waals surface area (Å²) >= 11 is 0. The van der Waals surface area contributed by atoms with Crippen LogP contribution >= 0.6 is 0 Å². The Kier molecular flexibility index (Phi) is 4.16. The maximum absolute atomic E-state index is 5.68. The zero-order chi connectivity index (χ0) is 11.3. The van der Waals surface area contributed by atoms with Crippen LogP contribution in [-0.2, 0) is 0 Å². The van der Waals surface area contributed by atoms with Crippen molar-refractivity contribution in [2.24, 2.45) is 10.7 Å². The van der Waals surface area contributed by atoms with Crippen LogP contribution in [0, 0.1) is 0 Å². The molecule has 0 saturated carbocycles. The van der Waals surface area contributed by atoms with Gasteiger partial charge in [-0.1, -0.05) is 26.0 Å². The highest BCUT2D eigenvalue weighted by molar-refractivity contribution is 5.92. The van der Waals surface area contributed by atoms with Crippen LogP contribution in [0.5, 0.6) is 0 Å². The van der Waals surface area contributed by atoms with Crippen LogP contribution in [0.2, 0.25) is 0 Å². The quantitative estimate of drug-likeness (QED) is 0.588. The molecule has 0 atom stereocenters. The molecule has 1 aromatic rings. The van der Waals surface area contributed by atoms with Crippen LogP contribution in [0.25, 0.3) is 0 Å². The average Bonchev–Trinajstić information content (AvgIpc) is 2.18. The molecule has 0 spiro atoms. The van der Waals surface area contributed by atoms with E-state index in [-0.39, 0.29) is 0 Å². The Morgan fingerprint density at radius 3 is 2.80 bits per heavy atom. The van der Waals surface area contributed by atoms with E-state index in [9.17, 15) is 0 Å². The minimum absolute atomic E-state index is 0.471. The second-order valence-electron chi connectivity index (χ2n) is 3.76. The summed E-state index contributed by atoms with van der Waals surface area (Å²) in [4.78, 5) is 4.08. The highest BCUT2D eigenvalue weighted by Crippen LogP contribution is 2.18. The Balaban J connectivity index is 2.78. The molecular weight excluding hydrogens is 186 g/mol. The molecule has 82 valence electrons. The molecule has 1 rings (SSSR count). The number of nitrogens with one attached hydrogen (secondary N) is 1. The fourth-order valence-corrected chi connectivity index (χ4v) is 1.33. The van der Waals surface area contributed by atoms with Crippen molar-refractivity contribution < 1.29 is 0 Å². The van der Waals surface area contributed by atoms with Gasteiger partial charge in [-0.15, -0.1) is 0 Å². The number of benzene rings is 1. The third kappa shape index (κ3) is 3.62. The lowest BCUT2D eigenvalue weighted by atomic mass is 10.0.